The Bertz CT molecular complexity index is 975. The van der Waals surface area contributed by atoms with E-state index in [1.165, 1.54) is 29.7 Å². The van der Waals surface area contributed by atoms with Gasteiger partial charge < -0.3 is 15.3 Å². The number of thiazole rings is 1. The van der Waals surface area contributed by atoms with Gasteiger partial charge in [-0.2, -0.15) is 5.10 Å². The van der Waals surface area contributed by atoms with Gasteiger partial charge in [0.2, 0.25) is 10.6 Å². The molecule has 3 aromatic rings. The number of phenolic OH excluding ortho intramolecular Hbond substituents is 3. The lowest BCUT2D eigenvalue weighted by Gasteiger charge is -2.04. The van der Waals surface area contributed by atoms with E-state index in [0.717, 1.165) is 16.1 Å². The Hall–Kier alpha value is -3.06. The molecule has 1 heterocycles. The molecule has 0 aliphatic carbocycles. The molecule has 0 aliphatic heterocycles. The van der Waals surface area contributed by atoms with Gasteiger partial charge in [-0.15, -0.1) is 11.3 Å². The van der Waals surface area contributed by atoms with Crippen molar-refractivity contribution in [3.05, 3.63) is 69.5 Å². The number of phenols is 3. The summed E-state index contributed by atoms with van der Waals surface area (Å²) in [5.41, 5.74) is 2.29. The van der Waals surface area contributed by atoms with Crippen molar-refractivity contribution in [1.82, 2.24) is 4.68 Å². The Labute approximate surface area is 148 Å². The molecule has 25 heavy (non-hydrogen) atoms. The van der Waals surface area contributed by atoms with Crippen molar-refractivity contribution in [2.45, 2.75) is 13.5 Å². The predicted molar refractivity (Wildman–Crippen MR) is 97.2 cm³/mol. The number of nitrogens with zero attached hydrogens (tertiary/aromatic N) is 3. The van der Waals surface area contributed by atoms with Crippen LogP contribution >= 0.6 is 11.3 Å². The minimum atomic E-state index is -0.565. The van der Waals surface area contributed by atoms with Crippen molar-refractivity contribution < 1.29 is 15.3 Å². The summed E-state index contributed by atoms with van der Waals surface area (Å²) >= 11 is 1.47. The van der Waals surface area contributed by atoms with Crippen LogP contribution in [0.3, 0.4) is 0 Å². The van der Waals surface area contributed by atoms with Gasteiger partial charge in [-0.25, -0.2) is 4.68 Å². The highest BCUT2D eigenvalue weighted by Crippen LogP contribution is 2.36. The van der Waals surface area contributed by atoms with Gasteiger partial charge in [0.05, 0.1) is 18.5 Å². The summed E-state index contributed by atoms with van der Waals surface area (Å²) in [4.78, 5) is 5.30. The highest BCUT2D eigenvalue weighted by Gasteiger charge is 2.09. The average molecular weight is 355 g/mol. The number of aryl methyl sites for hydroxylation is 1. The molecule has 6 nitrogen and oxygen atoms in total. The van der Waals surface area contributed by atoms with E-state index < -0.39 is 11.5 Å². The Kier molecular flexibility index (Phi) is 4.85. The van der Waals surface area contributed by atoms with Crippen LogP contribution in [0.25, 0.3) is 0 Å². The summed E-state index contributed by atoms with van der Waals surface area (Å²) in [6.07, 6.45) is 1.41. The third kappa shape index (κ3) is 3.72. The third-order valence-electron chi connectivity index (χ3n) is 3.56. The van der Waals surface area contributed by atoms with Crippen LogP contribution < -0.4 is 4.80 Å². The van der Waals surface area contributed by atoms with Crippen LogP contribution in [-0.2, 0) is 6.54 Å². The molecule has 0 fully saturated rings. The van der Waals surface area contributed by atoms with Gasteiger partial charge >= 0.3 is 0 Å². The van der Waals surface area contributed by atoms with E-state index in [0.29, 0.717) is 12.1 Å². The standard InChI is InChI=1S/C18H17N3O3S/c1-12-11-25-18(19-9-13-5-3-2-4-6-13)21(12)20-10-14-7-8-15(22)17(24)16(14)23/h2-8,10-11,22-24H,9H2,1H3. The summed E-state index contributed by atoms with van der Waals surface area (Å²) in [5.74, 6) is -1.36. The molecule has 1 aromatic heterocycles. The molecular formula is C18H17N3O3S. The van der Waals surface area contributed by atoms with Crippen molar-refractivity contribution >= 4 is 17.6 Å². The molecule has 0 unspecified atom stereocenters. The second-order valence-corrected chi connectivity index (χ2v) is 6.23. The van der Waals surface area contributed by atoms with Crippen LogP contribution in [0, 0.1) is 6.92 Å². The quantitative estimate of drug-likeness (QED) is 0.496. The minimum absolute atomic E-state index is 0.294. The Morgan fingerprint density at radius 1 is 1.04 bits per heavy atom. The summed E-state index contributed by atoms with van der Waals surface area (Å²) in [5, 5.41) is 35.1. The summed E-state index contributed by atoms with van der Waals surface area (Å²) < 4.78 is 1.66. The number of benzene rings is 2. The van der Waals surface area contributed by atoms with E-state index in [4.69, 9.17) is 0 Å². The normalized spacial score (nSPS) is 12.1. The number of rotatable bonds is 4. The number of hydrogen-bond donors (Lipinski definition) is 3. The lowest BCUT2D eigenvalue weighted by molar-refractivity contribution is 0.367. The maximum atomic E-state index is 9.87. The molecule has 3 rings (SSSR count). The van der Waals surface area contributed by atoms with Gasteiger partial charge in [0.15, 0.2) is 11.5 Å². The van der Waals surface area contributed by atoms with E-state index in [-0.39, 0.29) is 5.75 Å². The highest BCUT2D eigenvalue weighted by atomic mass is 32.1. The first kappa shape index (κ1) is 16.8. The van der Waals surface area contributed by atoms with Crippen molar-refractivity contribution in [1.29, 1.82) is 0 Å². The number of aromatic nitrogens is 1. The first-order valence-corrected chi connectivity index (χ1v) is 8.44. The van der Waals surface area contributed by atoms with Gasteiger partial charge in [-0.05, 0) is 24.6 Å². The smallest absolute Gasteiger partial charge is 0.206 e. The molecule has 3 N–H and O–H groups in total. The Balaban J connectivity index is 1.91. The van der Waals surface area contributed by atoms with E-state index in [9.17, 15) is 15.3 Å². The molecule has 0 bridgehead atoms. The topological polar surface area (TPSA) is 90.3 Å². The number of hydrogen-bond acceptors (Lipinski definition) is 6. The summed E-state index contributed by atoms with van der Waals surface area (Å²) in [6.45, 7) is 2.45. The molecule has 128 valence electrons. The van der Waals surface area contributed by atoms with Gasteiger partial charge in [0.1, 0.15) is 0 Å². The molecular weight excluding hydrogens is 338 g/mol. The zero-order valence-corrected chi connectivity index (χ0v) is 14.3. The monoisotopic (exact) mass is 355 g/mol. The second-order valence-electron chi connectivity index (χ2n) is 5.39. The van der Waals surface area contributed by atoms with Gasteiger partial charge in [0, 0.05) is 10.9 Å². The van der Waals surface area contributed by atoms with Gasteiger partial charge in [-0.3, -0.25) is 4.99 Å². The van der Waals surface area contributed by atoms with Crippen molar-refractivity contribution in [2.24, 2.45) is 10.1 Å². The van der Waals surface area contributed by atoms with Crippen LogP contribution in [0.5, 0.6) is 17.2 Å². The largest absolute Gasteiger partial charge is 0.504 e. The van der Waals surface area contributed by atoms with Gasteiger partial charge in [-0.1, -0.05) is 30.3 Å². The van der Waals surface area contributed by atoms with E-state index >= 15 is 0 Å². The van der Waals surface area contributed by atoms with E-state index in [1.807, 2.05) is 42.6 Å². The second kappa shape index (κ2) is 7.23. The predicted octanol–water partition coefficient (Wildman–Crippen LogP) is 2.96. The molecule has 0 atom stereocenters. The first-order valence-electron chi connectivity index (χ1n) is 7.56. The molecule has 0 radical (unpaired) electrons. The SMILES string of the molecule is Cc1csc(=NCc2ccccc2)n1N=Cc1ccc(O)c(O)c1O. The average Bonchev–Trinajstić information content (AvgIpc) is 2.98. The molecule has 0 saturated carbocycles. The van der Waals surface area contributed by atoms with Crippen molar-refractivity contribution in [2.75, 3.05) is 0 Å². The molecule has 0 spiro atoms. The third-order valence-corrected chi connectivity index (χ3v) is 4.54. The van der Waals surface area contributed by atoms with Crippen molar-refractivity contribution in [3.63, 3.8) is 0 Å². The Morgan fingerprint density at radius 2 is 1.80 bits per heavy atom. The maximum Gasteiger partial charge on any atom is 0.206 e. The van der Waals surface area contributed by atoms with E-state index in [1.54, 1.807) is 4.68 Å². The van der Waals surface area contributed by atoms with Gasteiger partial charge in [0.25, 0.3) is 0 Å². The molecule has 0 amide bonds. The molecule has 0 saturated heterocycles. The zero-order chi connectivity index (χ0) is 17.8. The van der Waals surface area contributed by atoms with Crippen LogP contribution in [0.4, 0.5) is 0 Å². The first-order chi connectivity index (χ1) is 12.1. The minimum Gasteiger partial charge on any atom is -0.504 e. The van der Waals surface area contributed by atoms with Crippen LogP contribution in [-0.4, -0.2) is 26.2 Å². The lowest BCUT2D eigenvalue weighted by atomic mass is 10.2. The van der Waals surface area contributed by atoms with Crippen LogP contribution in [0.1, 0.15) is 16.8 Å². The molecule has 2 aromatic carbocycles. The summed E-state index contributed by atoms with van der Waals surface area (Å²) in [7, 11) is 0. The fourth-order valence-electron chi connectivity index (χ4n) is 2.18. The maximum absolute atomic E-state index is 9.87. The molecule has 7 heteroatoms. The Morgan fingerprint density at radius 3 is 2.56 bits per heavy atom. The van der Waals surface area contributed by atoms with E-state index in [2.05, 4.69) is 10.1 Å². The summed E-state index contributed by atoms with van der Waals surface area (Å²) in [6, 6.07) is 12.7. The fourth-order valence-corrected chi connectivity index (χ4v) is 2.99. The zero-order valence-electron chi connectivity index (χ0n) is 13.5. The lowest BCUT2D eigenvalue weighted by Crippen LogP contribution is -2.12. The number of aromatic hydroxyl groups is 3. The van der Waals surface area contributed by atoms with Crippen LogP contribution in [0.15, 0.2) is 57.9 Å². The molecule has 0 aliphatic rings. The fraction of sp³-hybridized carbons (Fsp3) is 0.111. The van der Waals surface area contributed by atoms with Crippen molar-refractivity contribution in [3.8, 4) is 17.2 Å². The highest BCUT2D eigenvalue weighted by molar-refractivity contribution is 7.07. The van der Waals surface area contributed by atoms with Crippen LogP contribution in [0.2, 0.25) is 0 Å².